The Morgan fingerprint density at radius 2 is 2.36 bits per heavy atom. The predicted molar refractivity (Wildman–Crippen MR) is 54.7 cm³/mol. The van der Waals surface area contributed by atoms with Gasteiger partial charge in [-0.1, -0.05) is 18.2 Å². The molecule has 0 heterocycles. The van der Waals surface area contributed by atoms with E-state index in [0.29, 0.717) is 12.0 Å². The van der Waals surface area contributed by atoms with E-state index in [-0.39, 0.29) is 17.6 Å². The molecule has 1 aromatic carbocycles. The molecule has 14 heavy (non-hydrogen) atoms. The molecule has 1 aromatic rings. The zero-order valence-electron chi connectivity index (χ0n) is 8.16. The molecule has 0 aliphatic rings. The van der Waals surface area contributed by atoms with Gasteiger partial charge in [-0.15, -0.1) is 6.58 Å². The molecule has 2 N–H and O–H groups in total. The first-order chi connectivity index (χ1) is 6.70. The number of methoxy groups -OCH3 is 1. The Hall–Kier alpha value is -1.35. The zero-order chi connectivity index (χ0) is 10.6. The Morgan fingerprint density at radius 1 is 1.64 bits per heavy atom. The summed E-state index contributed by atoms with van der Waals surface area (Å²) < 4.78 is 18.5. The summed E-state index contributed by atoms with van der Waals surface area (Å²) in [6, 6.07) is 4.59. The van der Waals surface area contributed by atoms with Crippen molar-refractivity contribution in [3.63, 3.8) is 0 Å². The van der Waals surface area contributed by atoms with Gasteiger partial charge < -0.3 is 10.5 Å². The van der Waals surface area contributed by atoms with E-state index in [1.807, 2.05) is 0 Å². The average Bonchev–Trinajstić information content (AvgIpc) is 2.18. The summed E-state index contributed by atoms with van der Waals surface area (Å²) in [6.45, 7) is 3.56. The molecule has 0 aromatic heterocycles. The molecule has 0 spiro atoms. The second kappa shape index (κ2) is 4.77. The van der Waals surface area contributed by atoms with Gasteiger partial charge in [-0.25, -0.2) is 4.39 Å². The number of rotatable bonds is 4. The molecule has 0 unspecified atom stereocenters. The standard InChI is InChI=1S/C11H14FNO/c1-3-5-9(13)8-6-4-7-10(14-2)11(8)12/h3-4,6-7,9H,1,5,13H2,2H3/t9-/m1/s1. The molecule has 1 atom stereocenters. The second-order valence-electron chi connectivity index (χ2n) is 2.99. The molecule has 1 rings (SSSR count). The van der Waals surface area contributed by atoms with Crippen LogP contribution in [0, 0.1) is 5.82 Å². The van der Waals surface area contributed by atoms with Crippen LogP contribution in [0.4, 0.5) is 4.39 Å². The minimum absolute atomic E-state index is 0.224. The molecule has 3 heteroatoms. The fraction of sp³-hybridized carbons (Fsp3) is 0.273. The van der Waals surface area contributed by atoms with E-state index in [9.17, 15) is 4.39 Å². The topological polar surface area (TPSA) is 35.2 Å². The zero-order valence-corrected chi connectivity index (χ0v) is 8.16. The molecule has 0 radical (unpaired) electrons. The summed E-state index contributed by atoms with van der Waals surface area (Å²) >= 11 is 0. The van der Waals surface area contributed by atoms with Gasteiger partial charge in [-0.05, 0) is 12.5 Å². The van der Waals surface area contributed by atoms with Crippen molar-refractivity contribution in [1.82, 2.24) is 0 Å². The number of benzene rings is 1. The van der Waals surface area contributed by atoms with Gasteiger partial charge in [0.15, 0.2) is 11.6 Å². The number of ether oxygens (including phenoxy) is 1. The lowest BCUT2D eigenvalue weighted by Crippen LogP contribution is -2.11. The quantitative estimate of drug-likeness (QED) is 0.749. The summed E-state index contributed by atoms with van der Waals surface area (Å²) in [4.78, 5) is 0. The highest BCUT2D eigenvalue weighted by molar-refractivity contribution is 5.33. The maximum absolute atomic E-state index is 13.6. The fourth-order valence-corrected chi connectivity index (χ4v) is 1.28. The Balaban J connectivity index is 3.02. The minimum Gasteiger partial charge on any atom is -0.494 e. The lowest BCUT2D eigenvalue weighted by atomic mass is 10.0. The summed E-state index contributed by atoms with van der Waals surface area (Å²) in [7, 11) is 1.43. The van der Waals surface area contributed by atoms with Gasteiger partial charge in [-0.3, -0.25) is 0 Å². The van der Waals surface area contributed by atoms with Crippen molar-refractivity contribution < 1.29 is 9.13 Å². The first kappa shape index (κ1) is 10.7. The van der Waals surface area contributed by atoms with Crippen molar-refractivity contribution >= 4 is 0 Å². The van der Waals surface area contributed by atoms with Gasteiger partial charge in [-0.2, -0.15) is 0 Å². The normalized spacial score (nSPS) is 12.2. The molecular weight excluding hydrogens is 181 g/mol. The summed E-state index contributed by atoms with van der Waals surface area (Å²) in [5, 5.41) is 0. The molecule has 0 bridgehead atoms. The van der Waals surface area contributed by atoms with E-state index in [4.69, 9.17) is 10.5 Å². The van der Waals surface area contributed by atoms with Crippen molar-refractivity contribution in [1.29, 1.82) is 0 Å². The van der Waals surface area contributed by atoms with Crippen LogP contribution in [0.1, 0.15) is 18.0 Å². The van der Waals surface area contributed by atoms with E-state index in [2.05, 4.69) is 6.58 Å². The molecule has 0 aliphatic carbocycles. The average molecular weight is 195 g/mol. The van der Waals surface area contributed by atoms with Crippen LogP contribution in [-0.4, -0.2) is 7.11 Å². The first-order valence-electron chi connectivity index (χ1n) is 4.39. The van der Waals surface area contributed by atoms with Gasteiger partial charge in [0.25, 0.3) is 0 Å². The van der Waals surface area contributed by atoms with Crippen LogP contribution in [0.25, 0.3) is 0 Å². The van der Waals surface area contributed by atoms with Crippen LogP contribution in [-0.2, 0) is 0 Å². The monoisotopic (exact) mass is 195 g/mol. The maximum atomic E-state index is 13.6. The van der Waals surface area contributed by atoms with Gasteiger partial charge in [0.05, 0.1) is 7.11 Å². The lowest BCUT2D eigenvalue weighted by Gasteiger charge is -2.12. The number of halogens is 1. The summed E-state index contributed by atoms with van der Waals surface area (Å²) in [5.74, 6) is -0.161. The van der Waals surface area contributed by atoms with E-state index in [1.54, 1.807) is 24.3 Å². The van der Waals surface area contributed by atoms with Crippen LogP contribution < -0.4 is 10.5 Å². The minimum atomic E-state index is -0.385. The second-order valence-corrected chi connectivity index (χ2v) is 2.99. The van der Waals surface area contributed by atoms with Crippen molar-refractivity contribution in [2.45, 2.75) is 12.5 Å². The Kier molecular flexibility index (Phi) is 3.65. The molecule has 0 saturated carbocycles. The van der Waals surface area contributed by atoms with E-state index < -0.39 is 0 Å². The molecule has 0 aliphatic heterocycles. The third-order valence-electron chi connectivity index (χ3n) is 2.03. The highest BCUT2D eigenvalue weighted by Crippen LogP contribution is 2.25. The fourth-order valence-electron chi connectivity index (χ4n) is 1.28. The van der Waals surface area contributed by atoms with E-state index in [0.717, 1.165) is 0 Å². The lowest BCUT2D eigenvalue weighted by molar-refractivity contribution is 0.382. The number of hydrogen-bond acceptors (Lipinski definition) is 2. The van der Waals surface area contributed by atoms with Crippen molar-refractivity contribution in [3.05, 3.63) is 42.2 Å². The van der Waals surface area contributed by atoms with Gasteiger partial charge in [0.1, 0.15) is 0 Å². The Morgan fingerprint density at radius 3 is 2.93 bits per heavy atom. The van der Waals surface area contributed by atoms with Crippen LogP contribution in [0.15, 0.2) is 30.9 Å². The first-order valence-corrected chi connectivity index (χ1v) is 4.39. The third-order valence-corrected chi connectivity index (χ3v) is 2.03. The maximum Gasteiger partial charge on any atom is 0.169 e. The van der Waals surface area contributed by atoms with E-state index in [1.165, 1.54) is 7.11 Å². The summed E-state index contributed by atoms with van der Waals surface area (Å²) in [5.41, 5.74) is 6.23. The third kappa shape index (κ3) is 2.12. The van der Waals surface area contributed by atoms with Crippen molar-refractivity contribution in [3.8, 4) is 5.75 Å². The van der Waals surface area contributed by atoms with Crippen LogP contribution in [0.2, 0.25) is 0 Å². The molecule has 76 valence electrons. The largest absolute Gasteiger partial charge is 0.494 e. The van der Waals surface area contributed by atoms with E-state index >= 15 is 0 Å². The van der Waals surface area contributed by atoms with Crippen LogP contribution >= 0.6 is 0 Å². The van der Waals surface area contributed by atoms with Crippen LogP contribution in [0.3, 0.4) is 0 Å². The highest BCUT2D eigenvalue weighted by atomic mass is 19.1. The van der Waals surface area contributed by atoms with Gasteiger partial charge in [0, 0.05) is 11.6 Å². The Bertz CT molecular complexity index is 325. The Labute approximate surface area is 83.2 Å². The van der Waals surface area contributed by atoms with Crippen LogP contribution in [0.5, 0.6) is 5.75 Å². The molecule has 2 nitrogen and oxygen atoms in total. The van der Waals surface area contributed by atoms with Crippen molar-refractivity contribution in [2.75, 3.05) is 7.11 Å². The predicted octanol–water partition coefficient (Wildman–Crippen LogP) is 2.41. The number of hydrogen-bond donors (Lipinski definition) is 1. The molecule has 0 amide bonds. The number of nitrogens with two attached hydrogens (primary N) is 1. The van der Waals surface area contributed by atoms with Crippen molar-refractivity contribution in [2.24, 2.45) is 5.73 Å². The smallest absolute Gasteiger partial charge is 0.169 e. The molecule has 0 saturated heterocycles. The molecule has 0 fully saturated rings. The van der Waals surface area contributed by atoms with Gasteiger partial charge in [0.2, 0.25) is 0 Å². The molecular formula is C11H14FNO. The SMILES string of the molecule is C=CC[C@@H](N)c1cccc(OC)c1F. The summed E-state index contributed by atoms with van der Waals surface area (Å²) in [6.07, 6.45) is 2.22. The highest BCUT2D eigenvalue weighted by Gasteiger charge is 2.13. The van der Waals surface area contributed by atoms with Gasteiger partial charge >= 0.3 is 0 Å².